The molecule has 7 heteroatoms. The number of hydrogen-bond acceptors (Lipinski definition) is 7. The Hall–Kier alpha value is -4.39. The highest BCUT2D eigenvalue weighted by Crippen LogP contribution is 2.24. The molecule has 0 radical (unpaired) electrons. The number of benzene rings is 3. The number of ether oxygens (including phenoxy) is 2. The fourth-order valence-electron chi connectivity index (χ4n) is 2.96. The number of nitrogens with one attached hydrogen (secondary N) is 1. The molecular formula is C28H30N4O3. The van der Waals surface area contributed by atoms with E-state index < -0.39 is 5.97 Å². The van der Waals surface area contributed by atoms with Crippen molar-refractivity contribution >= 4 is 34.4 Å². The molecule has 180 valence electrons. The lowest BCUT2D eigenvalue weighted by atomic mass is 10.1. The lowest BCUT2D eigenvalue weighted by molar-refractivity contribution is -0.139. The first-order valence-electron chi connectivity index (χ1n) is 11.1. The van der Waals surface area contributed by atoms with Gasteiger partial charge in [0.1, 0.15) is 19.0 Å². The maximum absolute atomic E-state index is 11.4. The van der Waals surface area contributed by atoms with Gasteiger partial charge in [0.05, 0.1) is 11.4 Å². The molecule has 0 aliphatic carbocycles. The Kier molecular flexibility index (Phi) is 8.78. The molecule has 0 spiro atoms. The standard InChI is InChI=1S/C28H30N4O3/c1-20(2)28(33)35-19-18-34-27-16-6-22(7-17-27)21(3)29-23-8-10-24(11-9-23)30-31-25-12-14-26(15-13-25)32(4)5/h6-17,29H,1,3,18-19H2,2,4-5H3. The molecule has 0 saturated heterocycles. The van der Waals surface area contributed by atoms with Crippen LogP contribution in [-0.2, 0) is 9.53 Å². The average molecular weight is 471 g/mol. The normalized spacial score (nSPS) is 10.6. The summed E-state index contributed by atoms with van der Waals surface area (Å²) in [5.74, 6) is 0.260. The summed E-state index contributed by atoms with van der Waals surface area (Å²) in [6.07, 6.45) is 0. The number of anilines is 2. The van der Waals surface area contributed by atoms with E-state index >= 15 is 0 Å². The SMILES string of the molecule is C=C(C)C(=O)OCCOc1ccc(C(=C)Nc2ccc(N=Nc3ccc(N(C)C)cc3)cc2)cc1. The molecule has 0 aromatic heterocycles. The third-order valence-corrected chi connectivity index (χ3v) is 4.95. The Morgan fingerprint density at radius 3 is 1.97 bits per heavy atom. The Bertz CT molecular complexity index is 1180. The van der Waals surface area contributed by atoms with Crippen molar-refractivity contribution in [2.75, 3.05) is 37.5 Å². The fraction of sp³-hybridized carbons (Fsp3) is 0.179. The number of esters is 1. The first-order valence-corrected chi connectivity index (χ1v) is 11.1. The van der Waals surface area contributed by atoms with Crippen LogP contribution in [0.5, 0.6) is 5.75 Å². The van der Waals surface area contributed by atoms with E-state index in [9.17, 15) is 4.79 Å². The lowest BCUT2D eigenvalue weighted by Crippen LogP contribution is -2.12. The molecule has 3 rings (SSSR count). The highest BCUT2D eigenvalue weighted by atomic mass is 16.6. The summed E-state index contributed by atoms with van der Waals surface area (Å²) in [5.41, 5.74) is 5.61. The third-order valence-electron chi connectivity index (χ3n) is 4.95. The molecule has 3 aromatic rings. The summed E-state index contributed by atoms with van der Waals surface area (Å²) in [4.78, 5) is 13.4. The van der Waals surface area contributed by atoms with Crippen LogP contribution in [0.2, 0.25) is 0 Å². The number of azo groups is 1. The van der Waals surface area contributed by atoms with Crippen LogP contribution in [0.25, 0.3) is 5.70 Å². The second kappa shape index (κ2) is 12.2. The molecule has 0 aliphatic rings. The van der Waals surface area contributed by atoms with Crippen LogP contribution < -0.4 is 15.0 Å². The Morgan fingerprint density at radius 1 is 0.857 bits per heavy atom. The van der Waals surface area contributed by atoms with Gasteiger partial charge in [-0.15, -0.1) is 0 Å². The third kappa shape index (κ3) is 7.85. The molecule has 35 heavy (non-hydrogen) atoms. The van der Waals surface area contributed by atoms with Gasteiger partial charge < -0.3 is 19.7 Å². The molecule has 0 bridgehead atoms. The Morgan fingerprint density at radius 2 is 1.43 bits per heavy atom. The summed E-state index contributed by atoms with van der Waals surface area (Å²) in [6, 6.07) is 23.0. The molecule has 0 fully saturated rings. The van der Waals surface area contributed by atoms with Crippen LogP contribution in [-0.4, -0.2) is 33.3 Å². The van der Waals surface area contributed by atoms with Crippen LogP contribution in [0, 0.1) is 0 Å². The van der Waals surface area contributed by atoms with Gasteiger partial charge >= 0.3 is 5.97 Å². The molecule has 7 nitrogen and oxygen atoms in total. The van der Waals surface area contributed by atoms with Crippen molar-refractivity contribution in [3.63, 3.8) is 0 Å². The number of carbonyl (C=O) groups is 1. The van der Waals surface area contributed by atoms with E-state index in [2.05, 4.69) is 28.7 Å². The first-order chi connectivity index (χ1) is 16.8. The highest BCUT2D eigenvalue weighted by molar-refractivity contribution is 5.86. The van der Waals surface area contributed by atoms with E-state index in [1.807, 2.05) is 91.8 Å². The summed E-state index contributed by atoms with van der Waals surface area (Å²) >= 11 is 0. The topological polar surface area (TPSA) is 75.5 Å². The molecule has 0 unspecified atom stereocenters. The monoisotopic (exact) mass is 470 g/mol. The summed E-state index contributed by atoms with van der Waals surface area (Å²) in [6.45, 7) is 9.69. The summed E-state index contributed by atoms with van der Waals surface area (Å²) < 4.78 is 10.6. The predicted molar refractivity (Wildman–Crippen MR) is 142 cm³/mol. The van der Waals surface area contributed by atoms with Crippen molar-refractivity contribution in [2.45, 2.75) is 6.92 Å². The molecular weight excluding hydrogens is 440 g/mol. The van der Waals surface area contributed by atoms with E-state index in [0.29, 0.717) is 11.3 Å². The average Bonchev–Trinajstić information content (AvgIpc) is 2.86. The van der Waals surface area contributed by atoms with Crippen LogP contribution in [0.15, 0.2) is 102 Å². The lowest BCUT2D eigenvalue weighted by Gasteiger charge is -2.12. The highest BCUT2D eigenvalue weighted by Gasteiger charge is 2.04. The fourth-order valence-corrected chi connectivity index (χ4v) is 2.96. The van der Waals surface area contributed by atoms with E-state index in [4.69, 9.17) is 9.47 Å². The minimum Gasteiger partial charge on any atom is -0.490 e. The van der Waals surface area contributed by atoms with Gasteiger partial charge in [0, 0.05) is 36.7 Å². The summed E-state index contributed by atoms with van der Waals surface area (Å²) in [5, 5.41) is 11.9. The van der Waals surface area contributed by atoms with Crippen LogP contribution in [0.3, 0.4) is 0 Å². The minimum atomic E-state index is -0.419. The number of nitrogens with zero attached hydrogens (tertiary/aromatic N) is 3. The van der Waals surface area contributed by atoms with Crippen molar-refractivity contribution in [3.05, 3.63) is 97.1 Å². The van der Waals surface area contributed by atoms with Gasteiger partial charge in [0.15, 0.2) is 0 Å². The second-order valence-electron chi connectivity index (χ2n) is 8.05. The van der Waals surface area contributed by atoms with Gasteiger partial charge in [0.2, 0.25) is 0 Å². The van der Waals surface area contributed by atoms with Gasteiger partial charge in [0.25, 0.3) is 0 Å². The Labute approximate surface area is 206 Å². The first kappa shape index (κ1) is 25.2. The maximum Gasteiger partial charge on any atom is 0.333 e. The maximum atomic E-state index is 11.4. The Balaban J connectivity index is 1.49. The van der Waals surface area contributed by atoms with Crippen LogP contribution in [0.1, 0.15) is 12.5 Å². The molecule has 1 N–H and O–H groups in total. The smallest absolute Gasteiger partial charge is 0.333 e. The number of carbonyl (C=O) groups excluding carboxylic acids is 1. The molecule has 0 atom stereocenters. The zero-order valence-electron chi connectivity index (χ0n) is 20.3. The largest absolute Gasteiger partial charge is 0.490 e. The van der Waals surface area contributed by atoms with Crippen molar-refractivity contribution in [1.82, 2.24) is 0 Å². The molecule has 3 aromatic carbocycles. The number of hydrogen-bond donors (Lipinski definition) is 1. The minimum absolute atomic E-state index is 0.167. The van der Waals surface area contributed by atoms with Crippen LogP contribution in [0.4, 0.5) is 22.7 Å². The quantitative estimate of drug-likeness (QED) is 0.145. The van der Waals surface area contributed by atoms with Crippen LogP contribution >= 0.6 is 0 Å². The number of rotatable bonds is 11. The van der Waals surface area contributed by atoms with E-state index in [1.165, 1.54) is 0 Å². The van der Waals surface area contributed by atoms with Gasteiger partial charge in [-0.3, -0.25) is 0 Å². The van der Waals surface area contributed by atoms with Gasteiger partial charge in [-0.05, 0) is 85.3 Å². The van der Waals surface area contributed by atoms with Crippen molar-refractivity contribution < 1.29 is 14.3 Å². The summed E-state index contributed by atoms with van der Waals surface area (Å²) in [7, 11) is 4.00. The molecule has 0 aliphatic heterocycles. The predicted octanol–water partition coefficient (Wildman–Crippen LogP) is 6.75. The molecule has 0 heterocycles. The second-order valence-corrected chi connectivity index (χ2v) is 8.05. The molecule has 0 saturated carbocycles. The van der Waals surface area contributed by atoms with Crippen molar-refractivity contribution in [1.29, 1.82) is 0 Å². The van der Waals surface area contributed by atoms with Crippen molar-refractivity contribution in [2.24, 2.45) is 10.2 Å². The van der Waals surface area contributed by atoms with E-state index in [-0.39, 0.29) is 13.2 Å². The van der Waals surface area contributed by atoms with E-state index in [1.54, 1.807) is 6.92 Å². The zero-order valence-corrected chi connectivity index (χ0v) is 20.3. The van der Waals surface area contributed by atoms with Gasteiger partial charge in [-0.1, -0.05) is 13.2 Å². The van der Waals surface area contributed by atoms with E-state index in [0.717, 1.165) is 34.0 Å². The zero-order chi connectivity index (χ0) is 25.2. The molecule has 0 amide bonds. The van der Waals surface area contributed by atoms with Gasteiger partial charge in [-0.2, -0.15) is 10.2 Å². The van der Waals surface area contributed by atoms with Gasteiger partial charge in [-0.25, -0.2) is 4.79 Å². The van der Waals surface area contributed by atoms with Crippen molar-refractivity contribution in [3.8, 4) is 5.75 Å².